The van der Waals surface area contributed by atoms with E-state index >= 15 is 0 Å². The Labute approximate surface area is 85.8 Å². The van der Waals surface area contributed by atoms with Crippen molar-refractivity contribution in [1.29, 1.82) is 0 Å². The normalized spacial score (nSPS) is 10.4. The van der Waals surface area contributed by atoms with Gasteiger partial charge in [0.25, 0.3) is 0 Å². The predicted molar refractivity (Wildman–Crippen MR) is 56.0 cm³/mol. The van der Waals surface area contributed by atoms with Gasteiger partial charge in [-0.2, -0.15) is 0 Å². The van der Waals surface area contributed by atoms with Crippen molar-refractivity contribution in [2.45, 2.75) is 4.90 Å². The highest BCUT2D eigenvalue weighted by Gasteiger charge is 2.09. The number of carboxylic acids is 1. The zero-order valence-corrected chi connectivity index (χ0v) is 8.03. The Morgan fingerprint density at radius 2 is 2.14 bits per heavy atom. The standard InChI is InChI=1S/C10H7NO2S/c12-10(13)9-8-5-7(14)2-1-6(8)3-4-11-9/h1-5,14H,(H,12,13). The van der Waals surface area contributed by atoms with E-state index in [2.05, 4.69) is 17.6 Å². The highest BCUT2D eigenvalue weighted by molar-refractivity contribution is 7.80. The summed E-state index contributed by atoms with van der Waals surface area (Å²) in [5.74, 6) is -1.02. The van der Waals surface area contributed by atoms with E-state index in [0.717, 1.165) is 10.3 Å². The molecule has 0 aliphatic rings. The van der Waals surface area contributed by atoms with Gasteiger partial charge in [0, 0.05) is 16.5 Å². The number of thiol groups is 1. The quantitative estimate of drug-likeness (QED) is 0.702. The largest absolute Gasteiger partial charge is 0.476 e. The molecule has 3 nitrogen and oxygen atoms in total. The van der Waals surface area contributed by atoms with Crippen molar-refractivity contribution in [3.8, 4) is 0 Å². The Balaban J connectivity index is 2.84. The molecule has 2 aromatic rings. The van der Waals surface area contributed by atoms with Crippen molar-refractivity contribution in [3.05, 3.63) is 36.2 Å². The molecule has 0 amide bonds. The summed E-state index contributed by atoms with van der Waals surface area (Å²) in [5, 5.41) is 10.4. The highest BCUT2D eigenvalue weighted by atomic mass is 32.1. The first-order valence-corrected chi connectivity index (χ1v) is 4.44. The van der Waals surface area contributed by atoms with Crippen LogP contribution in [-0.4, -0.2) is 16.1 Å². The van der Waals surface area contributed by atoms with Crippen LogP contribution in [0.4, 0.5) is 0 Å². The fourth-order valence-corrected chi connectivity index (χ4v) is 1.53. The van der Waals surface area contributed by atoms with Crippen molar-refractivity contribution < 1.29 is 9.90 Å². The van der Waals surface area contributed by atoms with Crippen LogP contribution in [0.25, 0.3) is 10.8 Å². The highest BCUT2D eigenvalue weighted by Crippen LogP contribution is 2.20. The van der Waals surface area contributed by atoms with Gasteiger partial charge in [-0.15, -0.1) is 12.6 Å². The summed E-state index contributed by atoms with van der Waals surface area (Å²) in [7, 11) is 0. The lowest BCUT2D eigenvalue weighted by Crippen LogP contribution is -2.00. The minimum atomic E-state index is -1.02. The van der Waals surface area contributed by atoms with E-state index in [0.29, 0.717) is 5.39 Å². The van der Waals surface area contributed by atoms with Crippen molar-refractivity contribution in [3.63, 3.8) is 0 Å². The monoisotopic (exact) mass is 205 g/mol. The maximum atomic E-state index is 10.8. The van der Waals surface area contributed by atoms with Crippen LogP contribution in [0.15, 0.2) is 35.4 Å². The zero-order chi connectivity index (χ0) is 10.1. The molecule has 0 bridgehead atoms. The Hall–Kier alpha value is -1.55. The van der Waals surface area contributed by atoms with Gasteiger partial charge in [0.1, 0.15) is 0 Å². The number of nitrogens with zero attached hydrogens (tertiary/aromatic N) is 1. The van der Waals surface area contributed by atoms with Crippen molar-refractivity contribution in [1.82, 2.24) is 4.98 Å². The molecule has 2 rings (SSSR count). The average molecular weight is 205 g/mol. The van der Waals surface area contributed by atoms with Gasteiger partial charge in [-0.1, -0.05) is 6.07 Å². The summed E-state index contributed by atoms with van der Waals surface area (Å²) in [4.78, 5) is 15.4. The first-order chi connectivity index (χ1) is 6.68. The van der Waals surface area contributed by atoms with Gasteiger partial charge in [0.05, 0.1) is 0 Å². The third kappa shape index (κ3) is 1.44. The summed E-state index contributed by atoms with van der Waals surface area (Å²) in [5.41, 5.74) is 0.0680. The van der Waals surface area contributed by atoms with Crippen LogP contribution in [0.2, 0.25) is 0 Å². The Morgan fingerprint density at radius 3 is 2.86 bits per heavy atom. The molecular formula is C10H7NO2S. The van der Waals surface area contributed by atoms with Gasteiger partial charge in [0.15, 0.2) is 5.69 Å². The third-order valence-electron chi connectivity index (χ3n) is 1.95. The summed E-state index contributed by atoms with van der Waals surface area (Å²) in [6.07, 6.45) is 1.49. The summed E-state index contributed by atoms with van der Waals surface area (Å²) >= 11 is 4.16. The molecule has 1 aromatic heterocycles. The molecule has 1 aromatic carbocycles. The molecule has 0 radical (unpaired) electrons. The average Bonchev–Trinajstić information content (AvgIpc) is 2.16. The van der Waals surface area contributed by atoms with Crippen LogP contribution >= 0.6 is 12.6 Å². The van der Waals surface area contributed by atoms with Crippen LogP contribution in [0.3, 0.4) is 0 Å². The molecule has 4 heteroatoms. The van der Waals surface area contributed by atoms with E-state index in [1.54, 1.807) is 12.1 Å². The van der Waals surface area contributed by atoms with E-state index in [1.807, 2.05) is 12.1 Å². The fraction of sp³-hybridized carbons (Fsp3) is 0. The number of aromatic carboxylic acids is 1. The second-order valence-electron chi connectivity index (χ2n) is 2.87. The molecule has 0 atom stereocenters. The number of carbonyl (C=O) groups is 1. The Kier molecular flexibility index (Phi) is 2.13. The van der Waals surface area contributed by atoms with Gasteiger partial charge in [-0.25, -0.2) is 9.78 Å². The van der Waals surface area contributed by atoms with E-state index in [-0.39, 0.29) is 5.69 Å². The van der Waals surface area contributed by atoms with Gasteiger partial charge >= 0.3 is 5.97 Å². The summed E-state index contributed by atoms with van der Waals surface area (Å²) in [6.45, 7) is 0. The van der Waals surface area contributed by atoms with Crippen LogP contribution < -0.4 is 0 Å². The molecule has 0 aliphatic carbocycles. The lowest BCUT2D eigenvalue weighted by Gasteiger charge is -2.01. The van der Waals surface area contributed by atoms with Gasteiger partial charge in [0.2, 0.25) is 0 Å². The number of carboxylic acid groups (broad SMARTS) is 1. The molecule has 14 heavy (non-hydrogen) atoms. The molecule has 0 fully saturated rings. The first kappa shape index (κ1) is 9.02. The maximum absolute atomic E-state index is 10.8. The van der Waals surface area contributed by atoms with Crippen LogP contribution in [0.1, 0.15) is 10.5 Å². The summed E-state index contributed by atoms with van der Waals surface area (Å²) < 4.78 is 0. The second kappa shape index (κ2) is 3.31. The van der Waals surface area contributed by atoms with Gasteiger partial charge in [-0.3, -0.25) is 0 Å². The van der Waals surface area contributed by atoms with E-state index in [9.17, 15) is 4.79 Å². The van der Waals surface area contributed by atoms with Crippen molar-refractivity contribution >= 4 is 29.4 Å². The van der Waals surface area contributed by atoms with Gasteiger partial charge < -0.3 is 5.11 Å². The molecular weight excluding hydrogens is 198 g/mol. The maximum Gasteiger partial charge on any atom is 0.355 e. The third-order valence-corrected chi connectivity index (χ3v) is 2.23. The lowest BCUT2D eigenvalue weighted by atomic mass is 10.1. The van der Waals surface area contributed by atoms with Crippen LogP contribution in [0.5, 0.6) is 0 Å². The fourth-order valence-electron chi connectivity index (χ4n) is 1.33. The van der Waals surface area contributed by atoms with Gasteiger partial charge in [-0.05, 0) is 23.6 Å². The van der Waals surface area contributed by atoms with Crippen LogP contribution in [-0.2, 0) is 0 Å². The predicted octanol–water partition coefficient (Wildman–Crippen LogP) is 2.22. The minimum absolute atomic E-state index is 0.0680. The molecule has 0 spiro atoms. The second-order valence-corrected chi connectivity index (χ2v) is 3.39. The topological polar surface area (TPSA) is 50.2 Å². The molecule has 0 saturated carbocycles. The number of aromatic nitrogens is 1. The number of pyridine rings is 1. The van der Waals surface area contributed by atoms with Crippen molar-refractivity contribution in [2.24, 2.45) is 0 Å². The minimum Gasteiger partial charge on any atom is -0.476 e. The number of benzene rings is 1. The smallest absolute Gasteiger partial charge is 0.355 e. The number of hydrogen-bond donors (Lipinski definition) is 2. The number of hydrogen-bond acceptors (Lipinski definition) is 3. The van der Waals surface area contributed by atoms with E-state index < -0.39 is 5.97 Å². The lowest BCUT2D eigenvalue weighted by molar-refractivity contribution is 0.0693. The Morgan fingerprint density at radius 1 is 1.36 bits per heavy atom. The number of fused-ring (bicyclic) bond motifs is 1. The molecule has 1 heterocycles. The van der Waals surface area contributed by atoms with E-state index in [1.165, 1.54) is 6.20 Å². The Bertz CT molecular complexity index is 510. The SMILES string of the molecule is O=C(O)c1nccc2ccc(S)cc12. The number of rotatable bonds is 1. The molecule has 1 N–H and O–H groups in total. The van der Waals surface area contributed by atoms with Crippen LogP contribution in [0, 0.1) is 0 Å². The zero-order valence-electron chi connectivity index (χ0n) is 7.14. The summed E-state index contributed by atoms with van der Waals surface area (Å²) in [6, 6.07) is 7.12. The molecule has 70 valence electrons. The van der Waals surface area contributed by atoms with Crippen molar-refractivity contribution in [2.75, 3.05) is 0 Å². The van der Waals surface area contributed by atoms with E-state index in [4.69, 9.17) is 5.11 Å². The molecule has 0 unspecified atom stereocenters. The molecule has 0 saturated heterocycles. The molecule has 0 aliphatic heterocycles. The first-order valence-electron chi connectivity index (χ1n) is 3.99.